The van der Waals surface area contributed by atoms with Gasteiger partial charge in [-0.3, -0.25) is 13.9 Å². The first-order valence-corrected chi connectivity index (χ1v) is 6.40. The van der Waals surface area contributed by atoms with Gasteiger partial charge in [-0.25, -0.2) is 4.79 Å². The summed E-state index contributed by atoms with van der Waals surface area (Å²) in [7, 11) is 1.52. The van der Waals surface area contributed by atoms with Crippen LogP contribution in [0.1, 0.15) is 16.7 Å². The van der Waals surface area contributed by atoms with Crippen LogP contribution in [0, 0.1) is 13.8 Å². The van der Waals surface area contributed by atoms with Crippen molar-refractivity contribution in [3.8, 4) is 11.3 Å². The van der Waals surface area contributed by atoms with Crippen LogP contribution in [0.25, 0.3) is 11.3 Å². The van der Waals surface area contributed by atoms with Gasteiger partial charge in [0, 0.05) is 25.2 Å². The molecule has 4 nitrogen and oxygen atoms in total. The fourth-order valence-corrected chi connectivity index (χ4v) is 2.66. The maximum atomic E-state index is 12.1. The molecule has 1 aliphatic heterocycles. The topological polar surface area (TPSA) is 44.0 Å². The minimum Gasteiger partial charge on any atom is -0.293 e. The van der Waals surface area contributed by atoms with Crippen LogP contribution in [-0.2, 0) is 20.0 Å². The van der Waals surface area contributed by atoms with Crippen LogP contribution in [0.15, 0.2) is 27.8 Å². The molecule has 98 valence electrons. The standard InChI is InChI=1S/C15H16N2O2/c1-9-6-11-4-5-17-13(12(11)7-10(9)2)8-14(18)16(3)15(17)19/h6-8H,4-5H2,1-3H3. The highest BCUT2D eigenvalue weighted by Gasteiger charge is 2.19. The number of fused-ring (bicyclic) bond motifs is 3. The van der Waals surface area contributed by atoms with E-state index < -0.39 is 0 Å². The number of nitrogens with zero attached hydrogens (tertiary/aromatic N) is 2. The molecule has 19 heavy (non-hydrogen) atoms. The van der Waals surface area contributed by atoms with Gasteiger partial charge in [0.1, 0.15) is 0 Å². The van der Waals surface area contributed by atoms with E-state index in [4.69, 9.17) is 0 Å². The third-order valence-electron chi connectivity index (χ3n) is 4.00. The van der Waals surface area contributed by atoms with Crippen LogP contribution in [0.2, 0.25) is 0 Å². The molecule has 1 aromatic carbocycles. The van der Waals surface area contributed by atoms with E-state index in [1.807, 2.05) is 6.92 Å². The van der Waals surface area contributed by atoms with Crippen LogP contribution < -0.4 is 11.2 Å². The minimum absolute atomic E-state index is 0.230. The smallest absolute Gasteiger partial charge is 0.293 e. The van der Waals surface area contributed by atoms with Crippen molar-refractivity contribution in [2.24, 2.45) is 7.05 Å². The maximum absolute atomic E-state index is 12.1. The van der Waals surface area contributed by atoms with Crippen LogP contribution in [-0.4, -0.2) is 9.13 Å². The molecular formula is C15H16N2O2. The van der Waals surface area contributed by atoms with Gasteiger partial charge in [-0.2, -0.15) is 0 Å². The SMILES string of the molecule is Cc1cc2c(cc1C)-c1cc(=O)n(C)c(=O)n1CC2. The summed E-state index contributed by atoms with van der Waals surface area (Å²) in [5.41, 5.74) is 4.93. The molecular weight excluding hydrogens is 240 g/mol. The number of hydrogen-bond acceptors (Lipinski definition) is 2. The van der Waals surface area contributed by atoms with E-state index in [1.54, 1.807) is 10.6 Å². The molecule has 0 aliphatic carbocycles. The largest absolute Gasteiger partial charge is 0.331 e. The normalized spacial score (nSPS) is 13.0. The molecule has 0 bridgehead atoms. The fourth-order valence-electron chi connectivity index (χ4n) is 2.66. The van der Waals surface area contributed by atoms with Crippen molar-refractivity contribution < 1.29 is 0 Å². The summed E-state index contributed by atoms with van der Waals surface area (Å²) < 4.78 is 2.86. The summed E-state index contributed by atoms with van der Waals surface area (Å²) in [5, 5.41) is 0. The molecule has 1 aliphatic rings. The van der Waals surface area contributed by atoms with Crippen LogP contribution in [0.4, 0.5) is 0 Å². The number of rotatable bonds is 0. The molecule has 0 radical (unpaired) electrons. The summed E-state index contributed by atoms with van der Waals surface area (Å²) in [6, 6.07) is 5.80. The molecule has 0 atom stereocenters. The lowest BCUT2D eigenvalue weighted by Gasteiger charge is -2.23. The van der Waals surface area contributed by atoms with Crippen molar-refractivity contribution in [1.29, 1.82) is 0 Å². The van der Waals surface area contributed by atoms with Crippen molar-refractivity contribution in [3.05, 3.63) is 55.7 Å². The minimum atomic E-state index is -0.248. The Morgan fingerprint density at radius 3 is 2.47 bits per heavy atom. The van der Waals surface area contributed by atoms with Crippen LogP contribution in [0.5, 0.6) is 0 Å². The molecule has 0 fully saturated rings. The Balaban J connectivity index is 2.39. The quantitative estimate of drug-likeness (QED) is 0.715. The lowest BCUT2D eigenvalue weighted by Crippen LogP contribution is -2.39. The second-order valence-electron chi connectivity index (χ2n) is 5.20. The van der Waals surface area contributed by atoms with Gasteiger partial charge in [-0.05, 0) is 43.0 Å². The zero-order valence-corrected chi connectivity index (χ0v) is 11.4. The fraction of sp³-hybridized carbons (Fsp3) is 0.333. The third-order valence-corrected chi connectivity index (χ3v) is 4.00. The van der Waals surface area contributed by atoms with Gasteiger partial charge in [0.15, 0.2) is 0 Å². The van der Waals surface area contributed by atoms with E-state index in [-0.39, 0.29) is 11.2 Å². The molecule has 0 saturated heterocycles. The van der Waals surface area contributed by atoms with Crippen molar-refractivity contribution >= 4 is 0 Å². The first-order valence-electron chi connectivity index (χ1n) is 6.40. The molecule has 0 spiro atoms. The summed E-state index contributed by atoms with van der Waals surface area (Å²) in [6.45, 7) is 4.77. The van der Waals surface area contributed by atoms with E-state index in [0.717, 1.165) is 22.2 Å². The second-order valence-corrected chi connectivity index (χ2v) is 5.20. The van der Waals surface area contributed by atoms with E-state index >= 15 is 0 Å². The average Bonchev–Trinajstić information content (AvgIpc) is 2.38. The molecule has 0 saturated carbocycles. The Labute approximate surface area is 110 Å². The van der Waals surface area contributed by atoms with E-state index in [0.29, 0.717) is 6.54 Å². The number of hydrogen-bond donors (Lipinski definition) is 0. The van der Waals surface area contributed by atoms with Crippen molar-refractivity contribution in [2.75, 3.05) is 0 Å². The van der Waals surface area contributed by atoms with Crippen molar-refractivity contribution in [3.63, 3.8) is 0 Å². The molecule has 0 N–H and O–H groups in total. The van der Waals surface area contributed by atoms with Gasteiger partial charge in [0.25, 0.3) is 5.56 Å². The van der Waals surface area contributed by atoms with Gasteiger partial charge in [-0.15, -0.1) is 0 Å². The Kier molecular flexibility index (Phi) is 2.49. The molecule has 4 heteroatoms. The second kappa shape index (κ2) is 3.95. The van der Waals surface area contributed by atoms with Gasteiger partial charge in [0.05, 0.1) is 5.69 Å². The Bertz CT molecular complexity index is 797. The van der Waals surface area contributed by atoms with E-state index in [2.05, 4.69) is 19.1 Å². The Hall–Kier alpha value is -2.10. The zero-order valence-electron chi connectivity index (χ0n) is 11.4. The van der Waals surface area contributed by atoms with Gasteiger partial charge >= 0.3 is 5.69 Å². The van der Waals surface area contributed by atoms with Gasteiger partial charge < -0.3 is 0 Å². The highest BCUT2D eigenvalue weighted by atomic mass is 16.2. The highest BCUT2D eigenvalue weighted by Crippen LogP contribution is 2.29. The zero-order chi connectivity index (χ0) is 13.7. The molecule has 3 rings (SSSR count). The molecule has 1 aromatic heterocycles. The van der Waals surface area contributed by atoms with Crippen molar-refractivity contribution in [2.45, 2.75) is 26.8 Å². The number of benzene rings is 1. The molecule has 2 heterocycles. The molecule has 0 unspecified atom stereocenters. The lowest BCUT2D eigenvalue weighted by atomic mass is 9.93. The Morgan fingerprint density at radius 2 is 1.74 bits per heavy atom. The van der Waals surface area contributed by atoms with E-state index in [1.165, 1.54) is 23.7 Å². The van der Waals surface area contributed by atoms with Crippen LogP contribution in [0.3, 0.4) is 0 Å². The summed E-state index contributed by atoms with van der Waals surface area (Å²) in [6.07, 6.45) is 0.835. The Morgan fingerprint density at radius 1 is 1.05 bits per heavy atom. The monoisotopic (exact) mass is 256 g/mol. The highest BCUT2D eigenvalue weighted by molar-refractivity contribution is 5.67. The maximum Gasteiger partial charge on any atom is 0.331 e. The van der Waals surface area contributed by atoms with Gasteiger partial charge in [0.2, 0.25) is 0 Å². The first kappa shape index (κ1) is 12.0. The first-order chi connectivity index (χ1) is 8.99. The summed E-state index contributed by atoms with van der Waals surface area (Å²) >= 11 is 0. The summed E-state index contributed by atoms with van der Waals surface area (Å²) in [5.74, 6) is 0. The number of aryl methyl sites for hydroxylation is 3. The van der Waals surface area contributed by atoms with E-state index in [9.17, 15) is 9.59 Å². The van der Waals surface area contributed by atoms with Crippen LogP contribution >= 0.6 is 0 Å². The molecule has 2 aromatic rings. The summed E-state index contributed by atoms with van der Waals surface area (Å²) in [4.78, 5) is 23.9. The lowest BCUT2D eigenvalue weighted by molar-refractivity contribution is 0.593. The van der Waals surface area contributed by atoms with Gasteiger partial charge in [-0.1, -0.05) is 6.07 Å². The predicted molar refractivity (Wildman–Crippen MR) is 74.6 cm³/mol. The van der Waals surface area contributed by atoms with Crippen molar-refractivity contribution in [1.82, 2.24) is 9.13 Å². The third kappa shape index (κ3) is 1.67. The molecule has 0 amide bonds. The number of aromatic nitrogens is 2. The predicted octanol–water partition coefficient (Wildman–Crippen LogP) is 1.39. The average molecular weight is 256 g/mol.